The molecular weight excluding hydrogens is 468 g/mol. The topological polar surface area (TPSA) is 83.6 Å². The quantitative estimate of drug-likeness (QED) is 0.403. The third kappa shape index (κ3) is 6.01. The molecule has 2 aromatic carbocycles. The number of nitrogens with zero attached hydrogens (tertiary/aromatic N) is 2. The van der Waals surface area contributed by atoms with Gasteiger partial charge in [0.25, 0.3) is 11.8 Å². The SMILES string of the molecule is O=C(NNC(=O)c1csc(N2CCOCC2)n1)c1cccc(CSc2ccc(Cl)cc2)c1. The van der Waals surface area contributed by atoms with Gasteiger partial charge in [-0.2, -0.15) is 0 Å². The highest BCUT2D eigenvalue weighted by Crippen LogP contribution is 2.25. The van der Waals surface area contributed by atoms with Crippen molar-refractivity contribution in [2.45, 2.75) is 10.6 Å². The molecule has 0 spiro atoms. The minimum atomic E-state index is -0.455. The van der Waals surface area contributed by atoms with Gasteiger partial charge in [0.15, 0.2) is 5.13 Å². The Morgan fingerprint density at radius 3 is 2.62 bits per heavy atom. The van der Waals surface area contributed by atoms with Crippen LogP contribution in [0.2, 0.25) is 5.02 Å². The fraction of sp³-hybridized carbons (Fsp3) is 0.227. The number of anilines is 1. The molecule has 0 radical (unpaired) electrons. The number of amides is 2. The Hall–Kier alpha value is -2.59. The third-order valence-electron chi connectivity index (χ3n) is 4.70. The van der Waals surface area contributed by atoms with Crippen molar-refractivity contribution in [3.8, 4) is 0 Å². The standard InChI is InChI=1S/C22H21ClN4O3S2/c23-17-4-6-18(7-5-17)31-13-15-2-1-3-16(12-15)20(28)25-26-21(29)19-14-32-22(24-19)27-8-10-30-11-9-27/h1-7,12,14H,8-11,13H2,(H,25,28)(H,26,29). The molecule has 1 saturated heterocycles. The van der Waals surface area contributed by atoms with Gasteiger partial charge < -0.3 is 9.64 Å². The predicted octanol–water partition coefficient (Wildman–Crippen LogP) is 4.00. The maximum Gasteiger partial charge on any atom is 0.289 e. The summed E-state index contributed by atoms with van der Waals surface area (Å²) in [5, 5.41) is 3.15. The van der Waals surface area contributed by atoms with Crippen LogP contribution < -0.4 is 15.8 Å². The van der Waals surface area contributed by atoms with E-state index in [1.54, 1.807) is 23.2 Å². The lowest BCUT2D eigenvalue weighted by Crippen LogP contribution is -2.42. The summed E-state index contributed by atoms with van der Waals surface area (Å²) in [6, 6.07) is 14.9. The molecule has 32 heavy (non-hydrogen) atoms. The van der Waals surface area contributed by atoms with E-state index >= 15 is 0 Å². The molecule has 0 atom stereocenters. The first kappa shape index (κ1) is 22.6. The molecule has 1 aliphatic heterocycles. The summed E-state index contributed by atoms with van der Waals surface area (Å²) in [4.78, 5) is 32.4. The van der Waals surface area contributed by atoms with Gasteiger partial charge in [0.1, 0.15) is 5.69 Å². The maximum absolute atomic E-state index is 12.5. The van der Waals surface area contributed by atoms with Gasteiger partial charge in [0, 0.05) is 39.7 Å². The van der Waals surface area contributed by atoms with Crippen molar-refractivity contribution in [2.75, 3.05) is 31.2 Å². The molecule has 10 heteroatoms. The lowest BCUT2D eigenvalue weighted by molar-refractivity contribution is 0.0844. The van der Waals surface area contributed by atoms with E-state index in [-0.39, 0.29) is 11.6 Å². The molecular formula is C22H21ClN4O3S2. The smallest absolute Gasteiger partial charge is 0.289 e. The summed E-state index contributed by atoms with van der Waals surface area (Å²) in [5.74, 6) is -0.137. The van der Waals surface area contributed by atoms with Crippen LogP contribution in [-0.4, -0.2) is 43.1 Å². The Kier molecular flexibility index (Phi) is 7.64. The number of benzene rings is 2. The lowest BCUT2D eigenvalue weighted by atomic mass is 10.1. The van der Waals surface area contributed by atoms with Crippen LogP contribution in [0.5, 0.6) is 0 Å². The van der Waals surface area contributed by atoms with Crippen molar-refractivity contribution in [2.24, 2.45) is 0 Å². The Labute approximate surface area is 199 Å². The second kappa shape index (κ2) is 10.8. The molecule has 1 aromatic heterocycles. The van der Waals surface area contributed by atoms with E-state index in [0.717, 1.165) is 28.7 Å². The fourth-order valence-corrected chi connectivity index (χ4v) is 4.84. The lowest BCUT2D eigenvalue weighted by Gasteiger charge is -2.25. The number of halogens is 1. The molecule has 3 aromatic rings. The summed E-state index contributed by atoms with van der Waals surface area (Å²) in [7, 11) is 0. The predicted molar refractivity (Wildman–Crippen MR) is 128 cm³/mol. The number of morpholine rings is 1. The molecule has 7 nitrogen and oxygen atoms in total. The molecule has 1 fully saturated rings. The third-order valence-corrected chi connectivity index (χ3v) is 6.94. The van der Waals surface area contributed by atoms with Crippen molar-refractivity contribution >= 4 is 51.6 Å². The zero-order chi connectivity index (χ0) is 22.3. The number of hydrogen-bond acceptors (Lipinski definition) is 7. The molecule has 0 unspecified atom stereocenters. The molecule has 0 saturated carbocycles. The molecule has 166 valence electrons. The minimum absolute atomic E-state index is 0.268. The van der Waals surface area contributed by atoms with E-state index in [1.165, 1.54) is 11.3 Å². The summed E-state index contributed by atoms with van der Waals surface area (Å²) < 4.78 is 5.34. The number of hydrazine groups is 1. The van der Waals surface area contributed by atoms with E-state index in [9.17, 15) is 9.59 Å². The largest absolute Gasteiger partial charge is 0.378 e. The average Bonchev–Trinajstić information content (AvgIpc) is 3.33. The molecule has 0 bridgehead atoms. The second-order valence-electron chi connectivity index (χ2n) is 6.97. The van der Waals surface area contributed by atoms with Crippen LogP contribution in [0, 0.1) is 0 Å². The molecule has 4 rings (SSSR count). The van der Waals surface area contributed by atoms with E-state index in [0.29, 0.717) is 29.6 Å². The van der Waals surface area contributed by atoms with Gasteiger partial charge in [-0.1, -0.05) is 23.7 Å². The summed E-state index contributed by atoms with van der Waals surface area (Å²) in [5.41, 5.74) is 6.64. The van der Waals surface area contributed by atoms with Gasteiger partial charge >= 0.3 is 0 Å². The summed E-state index contributed by atoms with van der Waals surface area (Å²) in [6.07, 6.45) is 0. The molecule has 0 aliphatic carbocycles. The number of ether oxygens (including phenoxy) is 1. The molecule has 2 N–H and O–H groups in total. The van der Waals surface area contributed by atoms with Gasteiger partial charge in [-0.3, -0.25) is 20.4 Å². The van der Waals surface area contributed by atoms with Gasteiger partial charge in [-0.05, 0) is 42.0 Å². The first-order valence-electron chi connectivity index (χ1n) is 9.95. The highest BCUT2D eigenvalue weighted by molar-refractivity contribution is 7.98. The van der Waals surface area contributed by atoms with E-state index < -0.39 is 5.91 Å². The monoisotopic (exact) mass is 488 g/mol. The average molecular weight is 489 g/mol. The second-order valence-corrected chi connectivity index (χ2v) is 9.29. The highest BCUT2D eigenvalue weighted by Gasteiger charge is 2.18. The van der Waals surface area contributed by atoms with Crippen LogP contribution in [0.4, 0.5) is 5.13 Å². The number of carbonyl (C=O) groups is 2. The Balaban J connectivity index is 1.30. The van der Waals surface area contributed by atoms with E-state index in [2.05, 4.69) is 20.7 Å². The summed E-state index contributed by atoms with van der Waals surface area (Å²) >= 11 is 8.97. The number of nitrogens with one attached hydrogen (secondary N) is 2. The van der Waals surface area contributed by atoms with Gasteiger partial charge in [-0.15, -0.1) is 23.1 Å². The van der Waals surface area contributed by atoms with Gasteiger partial charge in [0.2, 0.25) is 0 Å². The van der Waals surface area contributed by atoms with Crippen molar-refractivity contribution in [1.82, 2.24) is 15.8 Å². The van der Waals surface area contributed by atoms with Gasteiger partial charge in [-0.25, -0.2) is 4.98 Å². The Bertz CT molecular complexity index is 1080. The van der Waals surface area contributed by atoms with Gasteiger partial charge in [0.05, 0.1) is 13.2 Å². The molecule has 1 aliphatic rings. The van der Waals surface area contributed by atoms with Crippen LogP contribution in [0.3, 0.4) is 0 Å². The summed E-state index contributed by atoms with van der Waals surface area (Å²) in [6.45, 7) is 2.79. The Morgan fingerprint density at radius 1 is 1.09 bits per heavy atom. The maximum atomic E-state index is 12.5. The molecule has 2 amide bonds. The molecule has 2 heterocycles. The zero-order valence-corrected chi connectivity index (χ0v) is 19.4. The van der Waals surface area contributed by atoms with Crippen molar-refractivity contribution in [3.05, 3.63) is 75.8 Å². The van der Waals surface area contributed by atoms with Crippen LogP contribution in [0.1, 0.15) is 26.4 Å². The van der Waals surface area contributed by atoms with Crippen molar-refractivity contribution in [1.29, 1.82) is 0 Å². The van der Waals surface area contributed by atoms with Crippen LogP contribution in [0.15, 0.2) is 58.8 Å². The van der Waals surface area contributed by atoms with Crippen LogP contribution in [0.25, 0.3) is 0 Å². The number of carbonyl (C=O) groups excluding carboxylic acids is 2. The number of rotatable bonds is 6. The van der Waals surface area contributed by atoms with E-state index in [1.807, 2.05) is 42.5 Å². The fourth-order valence-electron chi connectivity index (χ4n) is 3.02. The number of hydrogen-bond donors (Lipinski definition) is 2. The Morgan fingerprint density at radius 2 is 1.84 bits per heavy atom. The first-order chi connectivity index (χ1) is 15.6. The number of thioether (sulfide) groups is 1. The number of aromatic nitrogens is 1. The van der Waals surface area contributed by atoms with Crippen molar-refractivity contribution in [3.63, 3.8) is 0 Å². The van der Waals surface area contributed by atoms with E-state index in [4.69, 9.17) is 16.3 Å². The minimum Gasteiger partial charge on any atom is -0.378 e. The zero-order valence-electron chi connectivity index (χ0n) is 17.0. The highest BCUT2D eigenvalue weighted by atomic mass is 35.5. The normalized spacial score (nSPS) is 13.6. The number of thiazole rings is 1. The van der Waals surface area contributed by atoms with Crippen molar-refractivity contribution < 1.29 is 14.3 Å². The van der Waals surface area contributed by atoms with Crippen LogP contribution >= 0.6 is 34.7 Å². The first-order valence-corrected chi connectivity index (χ1v) is 12.2. The van der Waals surface area contributed by atoms with Crippen LogP contribution in [-0.2, 0) is 10.5 Å².